The number of hydrogen-bond acceptors (Lipinski definition) is 2. The standard InChI is InChI=1S/C24H30N2O/c1-26-19-8-7-14-22(26)15-9-13-21-12-5-6-16-23(21)25-24(27)18-17-20-10-3-2-4-11-20/h2-6,10-12,16-18,22H,7-9,13-15,19H2,1H3,(H,25,27)/b18-17+. The number of hydrogen-bond donors (Lipinski definition) is 1. The first-order valence-electron chi connectivity index (χ1n) is 10.0. The Morgan fingerprint density at radius 3 is 2.70 bits per heavy atom. The van der Waals surface area contributed by atoms with E-state index in [1.807, 2.05) is 48.5 Å². The van der Waals surface area contributed by atoms with Gasteiger partial charge in [-0.2, -0.15) is 0 Å². The van der Waals surface area contributed by atoms with Crippen molar-refractivity contribution in [1.29, 1.82) is 0 Å². The van der Waals surface area contributed by atoms with Gasteiger partial charge in [0.05, 0.1) is 0 Å². The average Bonchev–Trinajstić information content (AvgIpc) is 2.70. The number of para-hydroxylation sites is 1. The van der Waals surface area contributed by atoms with Gasteiger partial charge in [0.15, 0.2) is 0 Å². The van der Waals surface area contributed by atoms with Crippen LogP contribution in [0.2, 0.25) is 0 Å². The number of carbonyl (C=O) groups is 1. The molecule has 1 N–H and O–H groups in total. The number of piperidine rings is 1. The first kappa shape index (κ1) is 19.4. The first-order valence-corrected chi connectivity index (χ1v) is 10.0. The molecule has 1 unspecified atom stereocenters. The Hall–Kier alpha value is -2.39. The van der Waals surface area contributed by atoms with E-state index >= 15 is 0 Å². The SMILES string of the molecule is CN1CCCCC1CCCc1ccccc1NC(=O)/C=C/c1ccccc1. The Labute approximate surface area is 163 Å². The summed E-state index contributed by atoms with van der Waals surface area (Å²) in [5, 5.41) is 3.04. The van der Waals surface area contributed by atoms with Crippen LogP contribution in [-0.4, -0.2) is 30.4 Å². The number of carbonyl (C=O) groups excluding carboxylic acids is 1. The number of rotatable bonds is 7. The summed E-state index contributed by atoms with van der Waals surface area (Å²) < 4.78 is 0. The van der Waals surface area contributed by atoms with E-state index in [0.29, 0.717) is 6.04 Å². The molecule has 0 spiro atoms. The van der Waals surface area contributed by atoms with Gasteiger partial charge in [-0.05, 0) is 69.0 Å². The van der Waals surface area contributed by atoms with Gasteiger partial charge in [-0.25, -0.2) is 0 Å². The minimum absolute atomic E-state index is 0.0849. The normalized spacial score (nSPS) is 17.9. The zero-order valence-electron chi connectivity index (χ0n) is 16.2. The minimum Gasteiger partial charge on any atom is -0.322 e. The Morgan fingerprint density at radius 2 is 1.89 bits per heavy atom. The number of benzene rings is 2. The summed E-state index contributed by atoms with van der Waals surface area (Å²) in [6, 6.07) is 18.8. The second-order valence-electron chi connectivity index (χ2n) is 7.41. The van der Waals surface area contributed by atoms with Gasteiger partial charge in [0.25, 0.3) is 0 Å². The maximum absolute atomic E-state index is 12.3. The number of amides is 1. The van der Waals surface area contributed by atoms with E-state index in [1.165, 1.54) is 37.8 Å². The third-order valence-electron chi connectivity index (χ3n) is 5.41. The highest BCUT2D eigenvalue weighted by molar-refractivity contribution is 6.02. The first-order chi connectivity index (χ1) is 13.2. The van der Waals surface area contributed by atoms with Gasteiger partial charge in [-0.15, -0.1) is 0 Å². The molecule has 1 saturated heterocycles. The molecule has 1 amide bonds. The van der Waals surface area contributed by atoms with Crippen LogP contribution in [0.3, 0.4) is 0 Å². The fourth-order valence-electron chi connectivity index (χ4n) is 3.81. The maximum Gasteiger partial charge on any atom is 0.248 e. The molecule has 1 heterocycles. The molecule has 142 valence electrons. The van der Waals surface area contributed by atoms with Crippen molar-refractivity contribution in [3.63, 3.8) is 0 Å². The summed E-state index contributed by atoms with van der Waals surface area (Å²) in [5.41, 5.74) is 3.17. The van der Waals surface area contributed by atoms with E-state index < -0.39 is 0 Å². The molecule has 1 aliphatic rings. The van der Waals surface area contributed by atoms with Crippen molar-refractivity contribution in [2.75, 3.05) is 18.9 Å². The van der Waals surface area contributed by atoms with Crippen molar-refractivity contribution in [3.05, 3.63) is 71.8 Å². The number of nitrogens with zero attached hydrogens (tertiary/aromatic N) is 1. The van der Waals surface area contributed by atoms with E-state index in [2.05, 4.69) is 29.4 Å². The number of anilines is 1. The monoisotopic (exact) mass is 362 g/mol. The van der Waals surface area contributed by atoms with Crippen molar-refractivity contribution in [2.24, 2.45) is 0 Å². The van der Waals surface area contributed by atoms with E-state index in [0.717, 1.165) is 24.1 Å². The van der Waals surface area contributed by atoms with Crippen LogP contribution in [-0.2, 0) is 11.2 Å². The van der Waals surface area contributed by atoms with Crippen molar-refractivity contribution in [1.82, 2.24) is 4.90 Å². The lowest BCUT2D eigenvalue weighted by Gasteiger charge is -2.32. The lowest BCUT2D eigenvalue weighted by atomic mass is 9.96. The van der Waals surface area contributed by atoms with Gasteiger partial charge in [0.1, 0.15) is 0 Å². The molecular weight excluding hydrogens is 332 g/mol. The molecule has 0 bridgehead atoms. The Kier molecular flexibility index (Phi) is 7.23. The van der Waals surface area contributed by atoms with Crippen LogP contribution in [0.25, 0.3) is 6.08 Å². The quantitative estimate of drug-likeness (QED) is 0.691. The summed E-state index contributed by atoms with van der Waals surface area (Å²) in [5.74, 6) is -0.0849. The van der Waals surface area contributed by atoms with Gasteiger partial charge in [0.2, 0.25) is 5.91 Å². The van der Waals surface area contributed by atoms with Crippen molar-refractivity contribution in [3.8, 4) is 0 Å². The predicted molar refractivity (Wildman–Crippen MR) is 114 cm³/mol. The van der Waals surface area contributed by atoms with Crippen LogP contribution >= 0.6 is 0 Å². The van der Waals surface area contributed by atoms with E-state index in [-0.39, 0.29) is 5.91 Å². The molecule has 0 radical (unpaired) electrons. The third kappa shape index (κ3) is 6.07. The van der Waals surface area contributed by atoms with E-state index in [1.54, 1.807) is 6.08 Å². The molecular formula is C24H30N2O. The summed E-state index contributed by atoms with van der Waals surface area (Å²) in [4.78, 5) is 14.8. The highest BCUT2D eigenvalue weighted by atomic mass is 16.1. The lowest BCUT2D eigenvalue weighted by molar-refractivity contribution is -0.111. The summed E-state index contributed by atoms with van der Waals surface area (Å²) in [6.45, 7) is 1.23. The Balaban J connectivity index is 1.53. The molecule has 27 heavy (non-hydrogen) atoms. The largest absolute Gasteiger partial charge is 0.322 e. The van der Waals surface area contributed by atoms with Crippen molar-refractivity contribution < 1.29 is 4.79 Å². The fraction of sp³-hybridized carbons (Fsp3) is 0.375. The van der Waals surface area contributed by atoms with Crippen molar-refractivity contribution in [2.45, 2.75) is 44.6 Å². The smallest absolute Gasteiger partial charge is 0.248 e. The van der Waals surface area contributed by atoms with Crippen LogP contribution in [0, 0.1) is 0 Å². The fourth-order valence-corrected chi connectivity index (χ4v) is 3.81. The summed E-state index contributed by atoms with van der Waals surface area (Å²) in [6.07, 6.45) is 10.8. The van der Waals surface area contributed by atoms with Gasteiger partial charge < -0.3 is 10.2 Å². The zero-order chi connectivity index (χ0) is 18.9. The second kappa shape index (κ2) is 10.1. The molecule has 3 nitrogen and oxygen atoms in total. The molecule has 0 aliphatic carbocycles. The molecule has 3 rings (SSSR count). The number of likely N-dealkylation sites (tertiary alicyclic amines) is 1. The average molecular weight is 363 g/mol. The molecule has 1 aliphatic heterocycles. The Morgan fingerprint density at radius 1 is 1.11 bits per heavy atom. The molecule has 1 fully saturated rings. The maximum atomic E-state index is 12.3. The van der Waals surface area contributed by atoms with Gasteiger partial charge >= 0.3 is 0 Å². The molecule has 0 aromatic heterocycles. The van der Waals surface area contributed by atoms with E-state index in [9.17, 15) is 4.79 Å². The van der Waals surface area contributed by atoms with Crippen LogP contribution in [0.4, 0.5) is 5.69 Å². The molecule has 2 aromatic carbocycles. The van der Waals surface area contributed by atoms with Crippen LogP contribution in [0.15, 0.2) is 60.7 Å². The lowest BCUT2D eigenvalue weighted by Crippen LogP contribution is -2.36. The van der Waals surface area contributed by atoms with Crippen LogP contribution in [0.1, 0.15) is 43.2 Å². The van der Waals surface area contributed by atoms with Crippen molar-refractivity contribution >= 4 is 17.7 Å². The predicted octanol–water partition coefficient (Wildman–Crippen LogP) is 5.15. The third-order valence-corrected chi connectivity index (χ3v) is 5.41. The number of aryl methyl sites for hydroxylation is 1. The molecule has 3 heteroatoms. The van der Waals surface area contributed by atoms with Crippen LogP contribution in [0.5, 0.6) is 0 Å². The van der Waals surface area contributed by atoms with Gasteiger partial charge in [0, 0.05) is 17.8 Å². The van der Waals surface area contributed by atoms with E-state index in [4.69, 9.17) is 0 Å². The minimum atomic E-state index is -0.0849. The number of nitrogens with one attached hydrogen (secondary N) is 1. The molecule has 1 atom stereocenters. The van der Waals surface area contributed by atoms with Gasteiger partial charge in [-0.3, -0.25) is 4.79 Å². The molecule has 0 saturated carbocycles. The molecule has 2 aromatic rings. The summed E-state index contributed by atoms with van der Waals surface area (Å²) >= 11 is 0. The Bertz CT molecular complexity index is 754. The highest BCUT2D eigenvalue weighted by Gasteiger charge is 2.18. The highest BCUT2D eigenvalue weighted by Crippen LogP contribution is 2.22. The summed E-state index contributed by atoms with van der Waals surface area (Å²) in [7, 11) is 2.25. The zero-order valence-corrected chi connectivity index (χ0v) is 16.2. The van der Waals surface area contributed by atoms with Crippen LogP contribution < -0.4 is 5.32 Å². The second-order valence-corrected chi connectivity index (χ2v) is 7.41. The van der Waals surface area contributed by atoms with Gasteiger partial charge in [-0.1, -0.05) is 55.0 Å². The topological polar surface area (TPSA) is 32.3 Å².